The minimum atomic E-state index is -0.292. The number of anilines is 1. The summed E-state index contributed by atoms with van der Waals surface area (Å²) in [6.45, 7) is 1.96. The largest absolute Gasteiger partial charge is 0.497 e. The number of hydrogen-bond acceptors (Lipinski definition) is 6. The summed E-state index contributed by atoms with van der Waals surface area (Å²) in [5.74, 6) is 0.645. The van der Waals surface area contributed by atoms with E-state index >= 15 is 0 Å². The molecule has 7 nitrogen and oxygen atoms in total. The molecule has 0 bridgehead atoms. The van der Waals surface area contributed by atoms with Gasteiger partial charge in [0.2, 0.25) is 16.8 Å². The molecule has 0 aliphatic heterocycles. The molecular formula is C22H20N4O3S. The third-order valence-corrected chi connectivity index (χ3v) is 5.49. The van der Waals surface area contributed by atoms with E-state index in [1.807, 2.05) is 48.7 Å². The highest BCUT2D eigenvalue weighted by Crippen LogP contribution is 2.27. The highest BCUT2D eigenvalue weighted by Gasteiger charge is 2.15. The lowest BCUT2D eigenvalue weighted by molar-refractivity contribution is -0.116. The maximum Gasteiger partial charge on any atom is 0.250 e. The van der Waals surface area contributed by atoms with E-state index in [1.165, 1.54) is 11.3 Å². The van der Waals surface area contributed by atoms with Crippen LogP contribution in [0.3, 0.4) is 0 Å². The maximum atomic E-state index is 12.3. The first-order chi connectivity index (χ1) is 14.5. The smallest absolute Gasteiger partial charge is 0.250 e. The van der Waals surface area contributed by atoms with Crippen LogP contribution in [-0.2, 0) is 4.79 Å². The number of ketones is 1. The molecule has 0 saturated heterocycles. The predicted molar refractivity (Wildman–Crippen MR) is 116 cm³/mol. The first-order valence-corrected chi connectivity index (χ1v) is 10.3. The first-order valence-electron chi connectivity index (χ1n) is 9.42. The van der Waals surface area contributed by atoms with E-state index in [0.717, 1.165) is 22.6 Å². The number of benzene rings is 2. The second kappa shape index (κ2) is 8.46. The molecule has 2 heterocycles. The quantitative estimate of drug-likeness (QED) is 0.449. The minimum Gasteiger partial charge on any atom is -0.497 e. The Hall–Kier alpha value is -3.52. The molecule has 4 rings (SSSR count). The van der Waals surface area contributed by atoms with Gasteiger partial charge in [0.1, 0.15) is 5.75 Å². The lowest BCUT2D eigenvalue weighted by atomic mass is 10.1. The van der Waals surface area contributed by atoms with E-state index < -0.39 is 0 Å². The normalized spacial score (nSPS) is 10.9. The van der Waals surface area contributed by atoms with Gasteiger partial charge in [0.05, 0.1) is 12.8 Å². The van der Waals surface area contributed by atoms with Crippen molar-refractivity contribution >= 4 is 33.9 Å². The molecule has 2 aromatic heterocycles. The average Bonchev–Trinajstić information content (AvgIpc) is 3.33. The van der Waals surface area contributed by atoms with Gasteiger partial charge in [-0.1, -0.05) is 29.8 Å². The van der Waals surface area contributed by atoms with E-state index in [0.29, 0.717) is 10.5 Å². The van der Waals surface area contributed by atoms with Crippen molar-refractivity contribution in [1.82, 2.24) is 14.6 Å². The molecule has 0 unspecified atom stereocenters. The summed E-state index contributed by atoms with van der Waals surface area (Å²) in [4.78, 5) is 29.5. The van der Waals surface area contributed by atoms with Gasteiger partial charge in [-0.25, -0.2) is 4.52 Å². The van der Waals surface area contributed by atoms with Gasteiger partial charge in [-0.2, -0.15) is 4.98 Å². The number of methoxy groups -OCH3 is 1. The second-order valence-corrected chi connectivity index (χ2v) is 7.65. The average molecular weight is 420 g/mol. The number of hydrogen-bond donors (Lipinski definition) is 1. The molecule has 152 valence electrons. The van der Waals surface area contributed by atoms with Crippen LogP contribution >= 0.6 is 11.3 Å². The molecule has 30 heavy (non-hydrogen) atoms. The highest BCUT2D eigenvalue weighted by atomic mass is 32.1. The topological polar surface area (TPSA) is 85.6 Å². The van der Waals surface area contributed by atoms with Crippen molar-refractivity contribution in [2.45, 2.75) is 19.8 Å². The molecule has 0 aliphatic carbocycles. The fraction of sp³-hybridized carbons (Fsp3) is 0.182. The van der Waals surface area contributed by atoms with Gasteiger partial charge in [0.25, 0.3) is 0 Å². The Morgan fingerprint density at radius 2 is 1.80 bits per heavy atom. The van der Waals surface area contributed by atoms with E-state index in [9.17, 15) is 9.59 Å². The molecule has 1 N–H and O–H groups in total. The molecule has 0 radical (unpaired) electrons. The van der Waals surface area contributed by atoms with Crippen LogP contribution in [0.1, 0.15) is 28.8 Å². The maximum absolute atomic E-state index is 12.3. The number of rotatable bonds is 7. The Balaban J connectivity index is 1.41. The second-order valence-electron chi connectivity index (χ2n) is 6.82. The van der Waals surface area contributed by atoms with Gasteiger partial charge in [0.15, 0.2) is 5.78 Å². The van der Waals surface area contributed by atoms with E-state index in [2.05, 4.69) is 15.4 Å². The van der Waals surface area contributed by atoms with Crippen molar-refractivity contribution in [2.24, 2.45) is 0 Å². The van der Waals surface area contributed by atoms with Crippen LogP contribution in [0, 0.1) is 6.92 Å². The molecular weight excluding hydrogens is 400 g/mol. The third kappa shape index (κ3) is 4.23. The van der Waals surface area contributed by atoms with Crippen molar-refractivity contribution in [3.63, 3.8) is 0 Å². The van der Waals surface area contributed by atoms with Crippen molar-refractivity contribution in [1.29, 1.82) is 0 Å². The van der Waals surface area contributed by atoms with Gasteiger partial charge >= 0.3 is 0 Å². The summed E-state index contributed by atoms with van der Waals surface area (Å²) in [5.41, 5.74) is 3.54. The third-order valence-electron chi connectivity index (χ3n) is 4.67. The standard InChI is InChI=1S/C22H20N4O3S/c1-14-3-5-16(6-4-14)19(27)11-12-20(28)23-21-24-22-26(25-21)18(13-30-22)15-7-9-17(29-2)10-8-15/h3-10,13H,11-12H2,1-2H3,(H,23,25,28). The summed E-state index contributed by atoms with van der Waals surface area (Å²) in [7, 11) is 1.62. The number of ether oxygens (including phenoxy) is 1. The summed E-state index contributed by atoms with van der Waals surface area (Å²) < 4.78 is 6.89. The molecule has 8 heteroatoms. The number of fused-ring (bicyclic) bond motifs is 1. The van der Waals surface area contributed by atoms with E-state index in [1.54, 1.807) is 23.8 Å². The Kier molecular flexibility index (Phi) is 5.58. The minimum absolute atomic E-state index is 0.0641. The van der Waals surface area contributed by atoms with Crippen LogP contribution in [0.25, 0.3) is 16.2 Å². The van der Waals surface area contributed by atoms with Crippen LogP contribution < -0.4 is 10.1 Å². The Bertz CT molecular complexity index is 1190. The molecule has 0 aliphatic rings. The zero-order valence-corrected chi connectivity index (χ0v) is 17.4. The zero-order chi connectivity index (χ0) is 21.1. The van der Waals surface area contributed by atoms with Gasteiger partial charge in [-0.15, -0.1) is 16.4 Å². The molecule has 1 amide bonds. The molecule has 0 spiro atoms. The Morgan fingerprint density at radius 3 is 2.50 bits per heavy atom. The fourth-order valence-electron chi connectivity index (χ4n) is 2.99. The Morgan fingerprint density at radius 1 is 1.07 bits per heavy atom. The van der Waals surface area contributed by atoms with Crippen LogP contribution in [0.2, 0.25) is 0 Å². The lowest BCUT2D eigenvalue weighted by Crippen LogP contribution is -2.14. The summed E-state index contributed by atoms with van der Waals surface area (Å²) in [5, 5.41) is 9.04. The first kappa shape index (κ1) is 19.8. The fourth-order valence-corrected chi connectivity index (χ4v) is 3.82. The molecule has 0 atom stereocenters. The number of nitrogens with one attached hydrogen (secondary N) is 1. The molecule has 0 saturated carbocycles. The van der Waals surface area contributed by atoms with E-state index in [4.69, 9.17) is 4.74 Å². The monoisotopic (exact) mass is 420 g/mol. The summed E-state index contributed by atoms with van der Waals surface area (Å²) >= 11 is 1.44. The SMILES string of the molecule is COc1ccc(-c2csc3nc(NC(=O)CCC(=O)c4ccc(C)cc4)nn23)cc1. The molecule has 4 aromatic rings. The molecule has 0 fully saturated rings. The van der Waals surface area contributed by atoms with Gasteiger partial charge in [-0.3, -0.25) is 14.9 Å². The van der Waals surface area contributed by atoms with Gasteiger partial charge in [-0.05, 0) is 31.2 Å². The number of nitrogens with zero attached hydrogens (tertiary/aromatic N) is 3. The number of carbonyl (C=O) groups is 2. The lowest BCUT2D eigenvalue weighted by Gasteiger charge is -2.03. The van der Waals surface area contributed by atoms with Crippen LogP contribution in [0.4, 0.5) is 5.95 Å². The van der Waals surface area contributed by atoms with Crippen molar-refractivity contribution in [2.75, 3.05) is 12.4 Å². The number of amides is 1. The van der Waals surface area contributed by atoms with E-state index in [-0.39, 0.29) is 30.5 Å². The van der Waals surface area contributed by atoms with Gasteiger partial charge < -0.3 is 4.74 Å². The number of Topliss-reactive ketones (excluding diaryl/α,β-unsaturated/α-hetero) is 1. The Labute approximate surface area is 177 Å². The highest BCUT2D eigenvalue weighted by molar-refractivity contribution is 7.15. The number of thiazole rings is 1. The zero-order valence-electron chi connectivity index (χ0n) is 16.6. The van der Waals surface area contributed by atoms with Crippen molar-refractivity contribution in [3.05, 3.63) is 65.0 Å². The van der Waals surface area contributed by atoms with Crippen LogP contribution in [0.5, 0.6) is 5.75 Å². The van der Waals surface area contributed by atoms with Crippen molar-refractivity contribution in [3.8, 4) is 17.0 Å². The number of aromatic nitrogens is 3. The summed E-state index contributed by atoms with van der Waals surface area (Å²) in [6.07, 6.45) is 0.207. The van der Waals surface area contributed by atoms with Crippen LogP contribution in [0.15, 0.2) is 53.9 Å². The van der Waals surface area contributed by atoms with Crippen molar-refractivity contribution < 1.29 is 14.3 Å². The number of carbonyl (C=O) groups excluding carboxylic acids is 2. The predicted octanol–water partition coefficient (Wildman–Crippen LogP) is 4.38. The summed E-state index contributed by atoms with van der Waals surface area (Å²) in [6, 6.07) is 15.0. The molecule has 2 aromatic carbocycles. The number of aryl methyl sites for hydroxylation is 1. The van der Waals surface area contributed by atoms with Gasteiger partial charge in [0, 0.05) is 29.3 Å². The van der Waals surface area contributed by atoms with Crippen LogP contribution in [-0.4, -0.2) is 33.4 Å².